The number of nitrogens with zero attached hydrogens (tertiary/aromatic N) is 3. The van der Waals surface area contributed by atoms with Gasteiger partial charge in [-0.25, -0.2) is 4.98 Å². The average Bonchev–Trinajstić information content (AvgIpc) is 3.76. The summed E-state index contributed by atoms with van der Waals surface area (Å²) >= 11 is 0. The molecule has 12 rings (SSSR count). The van der Waals surface area contributed by atoms with E-state index in [1.54, 1.807) is 0 Å². The quantitative estimate of drug-likeness (QED) is 0.168. The van der Waals surface area contributed by atoms with Crippen molar-refractivity contribution in [1.82, 2.24) is 4.98 Å². The lowest BCUT2D eigenvalue weighted by molar-refractivity contribution is 0.590. The first-order valence-electron chi connectivity index (χ1n) is 20.8. The van der Waals surface area contributed by atoms with Gasteiger partial charge < -0.3 is 0 Å². The van der Waals surface area contributed by atoms with Gasteiger partial charge in [0.25, 0.3) is 0 Å². The van der Waals surface area contributed by atoms with Gasteiger partial charge in [0.05, 0.1) is 17.0 Å². The summed E-state index contributed by atoms with van der Waals surface area (Å²) in [5.74, 6) is 0.848. The number of anilines is 3. The Morgan fingerprint density at radius 3 is 1.80 bits per heavy atom. The van der Waals surface area contributed by atoms with Crippen molar-refractivity contribution in [1.29, 1.82) is 5.26 Å². The summed E-state index contributed by atoms with van der Waals surface area (Å²) in [6, 6.07) is 66.6. The molecule has 0 amide bonds. The van der Waals surface area contributed by atoms with Crippen molar-refractivity contribution >= 4 is 60.3 Å². The molecular formula is C57H39N3. The lowest BCUT2D eigenvalue weighted by atomic mass is 9.70. The van der Waals surface area contributed by atoms with Gasteiger partial charge in [0, 0.05) is 23.0 Å². The van der Waals surface area contributed by atoms with Gasteiger partial charge in [-0.2, -0.15) is 5.26 Å². The number of nitriles is 1. The average molecular weight is 766 g/mol. The van der Waals surface area contributed by atoms with E-state index in [0.717, 1.165) is 33.7 Å². The van der Waals surface area contributed by atoms with Gasteiger partial charge in [-0.1, -0.05) is 154 Å². The van der Waals surface area contributed by atoms with Crippen LogP contribution in [0.25, 0.3) is 65.3 Å². The Kier molecular flexibility index (Phi) is 7.18. The van der Waals surface area contributed by atoms with Crippen LogP contribution in [0.15, 0.2) is 182 Å². The number of benzene rings is 9. The molecule has 0 N–H and O–H groups in total. The van der Waals surface area contributed by atoms with E-state index in [9.17, 15) is 5.26 Å². The Morgan fingerprint density at radius 1 is 0.483 bits per heavy atom. The molecule has 2 aliphatic rings. The first-order valence-corrected chi connectivity index (χ1v) is 20.8. The van der Waals surface area contributed by atoms with Gasteiger partial charge in [0.1, 0.15) is 5.82 Å². The normalized spacial score (nSPS) is 15.0. The highest BCUT2D eigenvalue weighted by Crippen LogP contribution is 2.64. The van der Waals surface area contributed by atoms with E-state index >= 15 is 0 Å². The van der Waals surface area contributed by atoms with Crippen LogP contribution in [-0.4, -0.2) is 4.98 Å². The molecule has 0 saturated carbocycles. The monoisotopic (exact) mass is 765 g/mol. The zero-order valence-corrected chi connectivity index (χ0v) is 33.7. The molecule has 0 bridgehead atoms. The lowest BCUT2D eigenvalue weighted by Crippen LogP contribution is -2.26. The Hall–Kier alpha value is -7.54. The van der Waals surface area contributed by atoms with E-state index in [2.05, 4.69) is 208 Å². The molecular weight excluding hydrogens is 727 g/mol. The summed E-state index contributed by atoms with van der Waals surface area (Å²) in [5.41, 5.74) is 13.1. The first kappa shape index (κ1) is 34.5. The van der Waals surface area contributed by atoms with E-state index in [-0.39, 0.29) is 5.41 Å². The van der Waals surface area contributed by atoms with E-state index in [1.165, 1.54) is 76.6 Å². The Balaban J connectivity index is 1.16. The smallest absolute Gasteiger partial charge is 0.138 e. The van der Waals surface area contributed by atoms with Crippen LogP contribution >= 0.6 is 0 Å². The molecule has 2 aliphatic carbocycles. The molecule has 1 heterocycles. The molecule has 0 fully saturated rings. The van der Waals surface area contributed by atoms with Gasteiger partial charge in [-0.15, -0.1) is 0 Å². The van der Waals surface area contributed by atoms with Gasteiger partial charge in [0.2, 0.25) is 0 Å². The fourth-order valence-corrected chi connectivity index (χ4v) is 10.6. The van der Waals surface area contributed by atoms with E-state index in [4.69, 9.17) is 4.98 Å². The second-order valence-electron chi connectivity index (χ2n) is 17.4. The fourth-order valence-electron chi connectivity index (χ4n) is 10.6. The SMILES string of the molecule is CC(C)(C)c1ccc(N(c2ccc3c(c2)C2(c4cc(C#N)ccc4-3)c3ccccc3-c3c2ccc2ccccc32)c2cc3c4ccccc4c4ccccc4c3cn2)cc1. The highest BCUT2D eigenvalue weighted by atomic mass is 15.2. The highest BCUT2D eigenvalue weighted by Gasteiger charge is 2.52. The van der Waals surface area contributed by atoms with Crippen molar-refractivity contribution in [3.05, 3.63) is 216 Å². The molecule has 282 valence electrons. The molecule has 0 radical (unpaired) electrons. The van der Waals surface area contributed by atoms with Crippen molar-refractivity contribution in [2.24, 2.45) is 0 Å². The van der Waals surface area contributed by atoms with E-state index in [1.807, 2.05) is 6.07 Å². The van der Waals surface area contributed by atoms with Crippen molar-refractivity contribution < 1.29 is 0 Å². The standard InChI is InChI=1S/C57H39N3/c1-56(2,3)37-22-24-38(25-23-37)60(54-32-48-43-16-8-6-14-41(43)42-15-7-9-17-44(42)49(48)34-59-54)39-26-28-46-45-27-20-35(33-58)30-52(45)57(53(46)31-39)50-19-11-10-18-47(50)55-40-13-5-4-12-36(40)21-29-51(55)57/h4-32,34H,1-3H3. The summed E-state index contributed by atoms with van der Waals surface area (Å²) < 4.78 is 0. The van der Waals surface area contributed by atoms with Crippen LogP contribution in [-0.2, 0) is 10.8 Å². The Bertz CT molecular complexity index is 3460. The van der Waals surface area contributed by atoms with E-state index < -0.39 is 5.41 Å². The predicted octanol–water partition coefficient (Wildman–Crippen LogP) is 14.7. The largest absolute Gasteiger partial charge is 0.295 e. The van der Waals surface area contributed by atoms with Crippen LogP contribution < -0.4 is 4.90 Å². The minimum atomic E-state index is -0.642. The Morgan fingerprint density at radius 2 is 1.08 bits per heavy atom. The second kappa shape index (κ2) is 12.5. The molecule has 1 spiro atoms. The maximum atomic E-state index is 10.3. The van der Waals surface area contributed by atoms with Crippen LogP contribution in [0.2, 0.25) is 0 Å². The van der Waals surface area contributed by atoms with Crippen LogP contribution in [0.5, 0.6) is 0 Å². The summed E-state index contributed by atoms with van der Waals surface area (Å²) in [7, 11) is 0. The van der Waals surface area contributed by atoms with Gasteiger partial charge in [-0.05, 0) is 136 Å². The molecule has 1 aromatic heterocycles. The van der Waals surface area contributed by atoms with Crippen molar-refractivity contribution in [2.75, 3.05) is 4.90 Å². The minimum absolute atomic E-state index is 0.00592. The third kappa shape index (κ3) is 4.68. The molecule has 9 aromatic carbocycles. The molecule has 0 saturated heterocycles. The molecule has 3 nitrogen and oxygen atoms in total. The van der Waals surface area contributed by atoms with Crippen LogP contribution in [0.1, 0.15) is 54.2 Å². The maximum Gasteiger partial charge on any atom is 0.138 e. The van der Waals surface area contributed by atoms with Gasteiger partial charge in [0.15, 0.2) is 0 Å². The maximum absolute atomic E-state index is 10.3. The molecule has 60 heavy (non-hydrogen) atoms. The molecule has 0 aliphatic heterocycles. The summed E-state index contributed by atoms with van der Waals surface area (Å²) in [5, 5.41) is 20.0. The number of rotatable bonds is 3. The van der Waals surface area contributed by atoms with Crippen LogP contribution in [0.4, 0.5) is 17.2 Å². The summed E-state index contributed by atoms with van der Waals surface area (Å²) in [4.78, 5) is 7.66. The number of hydrogen-bond donors (Lipinski definition) is 0. The summed E-state index contributed by atoms with van der Waals surface area (Å²) in [6.07, 6.45) is 2.07. The third-order valence-electron chi connectivity index (χ3n) is 13.3. The minimum Gasteiger partial charge on any atom is -0.295 e. The lowest BCUT2D eigenvalue weighted by Gasteiger charge is -2.32. The van der Waals surface area contributed by atoms with Crippen molar-refractivity contribution in [3.63, 3.8) is 0 Å². The van der Waals surface area contributed by atoms with E-state index in [0.29, 0.717) is 5.56 Å². The number of hydrogen-bond acceptors (Lipinski definition) is 3. The third-order valence-corrected chi connectivity index (χ3v) is 13.3. The number of aromatic nitrogens is 1. The fraction of sp³-hybridized carbons (Fsp3) is 0.0877. The number of pyridine rings is 1. The predicted molar refractivity (Wildman–Crippen MR) is 249 cm³/mol. The molecule has 1 unspecified atom stereocenters. The second-order valence-corrected chi connectivity index (χ2v) is 17.4. The molecule has 10 aromatic rings. The van der Waals surface area contributed by atoms with Crippen LogP contribution in [0.3, 0.4) is 0 Å². The Labute approximate surface area is 349 Å². The first-order chi connectivity index (χ1) is 29.3. The highest BCUT2D eigenvalue weighted by molar-refractivity contribution is 6.25. The van der Waals surface area contributed by atoms with Crippen molar-refractivity contribution in [3.8, 4) is 28.3 Å². The molecule has 1 atom stereocenters. The molecule has 3 heteroatoms. The van der Waals surface area contributed by atoms with Gasteiger partial charge in [-0.3, -0.25) is 4.90 Å². The zero-order chi connectivity index (χ0) is 40.3. The topological polar surface area (TPSA) is 39.9 Å². The number of fused-ring (bicyclic) bond motifs is 18. The van der Waals surface area contributed by atoms with Crippen LogP contribution in [0, 0.1) is 11.3 Å². The summed E-state index contributed by atoms with van der Waals surface area (Å²) in [6.45, 7) is 6.78. The van der Waals surface area contributed by atoms with Crippen molar-refractivity contribution in [2.45, 2.75) is 31.6 Å². The van der Waals surface area contributed by atoms with Gasteiger partial charge >= 0.3 is 0 Å². The zero-order valence-electron chi connectivity index (χ0n) is 33.7.